The molecule has 6 nitrogen and oxygen atoms in total. The van der Waals surface area contributed by atoms with Gasteiger partial charge in [-0.25, -0.2) is 0 Å². The van der Waals surface area contributed by atoms with Gasteiger partial charge in [-0.2, -0.15) is 0 Å². The topological polar surface area (TPSA) is 69.0 Å². The van der Waals surface area contributed by atoms with Gasteiger partial charge in [0.05, 0.1) is 16.5 Å². The number of ether oxygens (including phenoxy) is 1. The lowest BCUT2D eigenvalue weighted by molar-refractivity contribution is -0.113. The van der Waals surface area contributed by atoms with Gasteiger partial charge in [-0.15, -0.1) is 10.2 Å². The van der Waals surface area contributed by atoms with E-state index in [1.165, 1.54) is 11.8 Å². The third-order valence-electron chi connectivity index (χ3n) is 4.07. The molecule has 0 aliphatic rings. The van der Waals surface area contributed by atoms with E-state index in [2.05, 4.69) is 31.4 Å². The molecule has 9 heteroatoms. The zero-order valence-corrected chi connectivity index (χ0v) is 19.3. The number of nitrogens with zero attached hydrogens (tertiary/aromatic N) is 3. The van der Waals surface area contributed by atoms with Crippen LogP contribution < -0.4 is 10.1 Å². The van der Waals surface area contributed by atoms with Gasteiger partial charge in [0.2, 0.25) is 5.91 Å². The van der Waals surface area contributed by atoms with Gasteiger partial charge in [-0.05, 0) is 49.7 Å². The van der Waals surface area contributed by atoms with Crippen molar-refractivity contribution in [3.05, 3.63) is 63.3 Å². The van der Waals surface area contributed by atoms with Crippen molar-refractivity contribution in [1.29, 1.82) is 0 Å². The van der Waals surface area contributed by atoms with Crippen LogP contribution in [0.4, 0.5) is 5.69 Å². The SMILES string of the molecule is Cc1cccc(OC(C)c2nnc(SCC(=O)Nc3ccc(Br)cc3Cl)n2C)c1. The molecule has 1 N–H and O–H groups in total. The highest BCUT2D eigenvalue weighted by atomic mass is 79.9. The summed E-state index contributed by atoms with van der Waals surface area (Å²) in [6.07, 6.45) is -0.279. The smallest absolute Gasteiger partial charge is 0.234 e. The average Bonchev–Trinajstić information content (AvgIpc) is 3.03. The number of rotatable bonds is 7. The maximum atomic E-state index is 12.3. The molecule has 0 aliphatic carbocycles. The summed E-state index contributed by atoms with van der Waals surface area (Å²) in [5.74, 6) is 1.48. The monoisotopic (exact) mass is 494 g/mol. The molecule has 152 valence electrons. The van der Waals surface area contributed by atoms with Crippen LogP contribution in [0.15, 0.2) is 52.1 Å². The van der Waals surface area contributed by atoms with Gasteiger partial charge in [0.25, 0.3) is 0 Å². The lowest BCUT2D eigenvalue weighted by Gasteiger charge is -2.14. The molecular formula is C20H20BrClN4O2S. The van der Waals surface area contributed by atoms with Crippen molar-refractivity contribution in [2.75, 3.05) is 11.1 Å². The van der Waals surface area contributed by atoms with E-state index in [4.69, 9.17) is 16.3 Å². The van der Waals surface area contributed by atoms with Crippen molar-refractivity contribution in [2.24, 2.45) is 7.05 Å². The zero-order chi connectivity index (χ0) is 21.0. The molecule has 1 amide bonds. The first kappa shape index (κ1) is 21.7. The van der Waals surface area contributed by atoms with Crippen LogP contribution in [0.5, 0.6) is 5.75 Å². The van der Waals surface area contributed by atoms with E-state index in [0.717, 1.165) is 15.8 Å². The molecule has 0 fully saturated rings. The predicted octanol–water partition coefficient (Wildman–Crippen LogP) is 5.41. The number of thioether (sulfide) groups is 1. The number of aryl methyl sites for hydroxylation is 1. The van der Waals surface area contributed by atoms with Crippen LogP contribution in [0.3, 0.4) is 0 Å². The van der Waals surface area contributed by atoms with Gasteiger partial charge in [0, 0.05) is 11.5 Å². The van der Waals surface area contributed by atoms with E-state index < -0.39 is 0 Å². The fraction of sp³-hybridized carbons (Fsp3) is 0.250. The molecule has 1 atom stereocenters. The fourth-order valence-electron chi connectivity index (χ4n) is 2.66. The van der Waals surface area contributed by atoms with Crippen molar-refractivity contribution >= 4 is 50.9 Å². The summed E-state index contributed by atoms with van der Waals surface area (Å²) in [5, 5.41) is 12.3. The van der Waals surface area contributed by atoms with Gasteiger partial charge >= 0.3 is 0 Å². The molecule has 1 heterocycles. The van der Waals surface area contributed by atoms with Crippen molar-refractivity contribution in [2.45, 2.75) is 25.1 Å². The average molecular weight is 496 g/mol. The third-order valence-corrected chi connectivity index (χ3v) is 5.90. The van der Waals surface area contributed by atoms with E-state index in [9.17, 15) is 4.79 Å². The van der Waals surface area contributed by atoms with Gasteiger partial charge in [0.1, 0.15) is 5.75 Å². The maximum absolute atomic E-state index is 12.3. The van der Waals surface area contributed by atoms with Crippen molar-refractivity contribution in [3.8, 4) is 5.75 Å². The van der Waals surface area contributed by atoms with Crippen molar-refractivity contribution in [3.63, 3.8) is 0 Å². The number of aromatic nitrogens is 3. The Kier molecular flexibility index (Phi) is 7.21. The number of carbonyl (C=O) groups is 1. The Morgan fingerprint density at radius 2 is 2.10 bits per heavy atom. The van der Waals surface area contributed by atoms with Crippen molar-refractivity contribution in [1.82, 2.24) is 14.8 Å². The molecular weight excluding hydrogens is 476 g/mol. The largest absolute Gasteiger partial charge is 0.483 e. The van der Waals surface area contributed by atoms with Crippen LogP contribution in [-0.2, 0) is 11.8 Å². The summed E-state index contributed by atoms with van der Waals surface area (Å²) in [7, 11) is 1.86. The van der Waals surface area contributed by atoms with E-state index in [1.54, 1.807) is 12.1 Å². The van der Waals surface area contributed by atoms with E-state index in [1.807, 2.05) is 55.8 Å². The highest BCUT2D eigenvalue weighted by Crippen LogP contribution is 2.27. The summed E-state index contributed by atoms with van der Waals surface area (Å²) in [4.78, 5) is 12.3. The molecule has 0 saturated carbocycles. The Labute approximate surface area is 187 Å². The number of nitrogens with one attached hydrogen (secondary N) is 1. The second-order valence-corrected chi connectivity index (χ2v) is 8.70. The van der Waals surface area contributed by atoms with Gasteiger partial charge in [-0.3, -0.25) is 4.79 Å². The summed E-state index contributed by atoms with van der Waals surface area (Å²) in [5.41, 5.74) is 1.69. The van der Waals surface area contributed by atoms with Gasteiger partial charge in [-0.1, -0.05) is 51.4 Å². The molecule has 3 aromatic rings. The lowest BCUT2D eigenvalue weighted by Crippen LogP contribution is -2.15. The molecule has 1 aromatic heterocycles. The fourth-order valence-corrected chi connectivity index (χ4v) is 4.10. The Hall–Kier alpha value is -2.03. The quantitative estimate of drug-likeness (QED) is 0.444. The lowest BCUT2D eigenvalue weighted by atomic mass is 10.2. The zero-order valence-electron chi connectivity index (χ0n) is 16.1. The number of benzene rings is 2. The van der Waals surface area contributed by atoms with E-state index in [0.29, 0.717) is 21.7 Å². The first-order valence-electron chi connectivity index (χ1n) is 8.84. The molecule has 1 unspecified atom stereocenters. The maximum Gasteiger partial charge on any atom is 0.234 e. The number of hydrogen-bond acceptors (Lipinski definition) is 5. The van der Waals surface area contributed by atoms with E-state index in [-0.39, 0.29) is 17.8 Å². The minimum absolute atomic E-state index is 0.173. The summed E-state index contributed by atoms with van der Waals surface area (Å²) in [6, 6.07) is 13.1. The number of carbonyl (C=O) groups excluding carboxylic acids is 1. The first-order valence-corrected chi connectivity index (χ1v) is 11.0. The normalized spacial score (nSPS) is 11.9. The highest BCUT2D eigenvalue weighted by Gasteiger charge is 2.18. The minimum atomic E-state index is -0.279. The molecule has 0 radical (unpaired) electrons. The minimum Gasteiger partial charge on any atom is -0.483 e. The van der Waals surface area contributed by atoms with Crippen LogP contribution in [0.25, 0.3) is 0 Å². The molecule has 29 heavy (non-hydrogen) atoms. The molecule has 0 bridgehead atoms. The molecule has 0 spiro atoms. The highest BCUT2D eigenvalue weighted by molar-refractivity contribution is 9.10. The summed E-state index contributed by atoms with van der Waals surface area (Å²) in [6.45, 7) is 3.93. The molecule has 0 aliphatic heterocycles. The number of anilines is 1. The Morgan fingerprint density at radius 3 is 2.83 bits per heavy atom. The van der Waals surface area contributed by atoms with Crippen LogP contribution in [-0.4, -0.2) is 26.4 Å². The van der Waals surface area contributed by atoms with Crippen molar-refractivity contribution < 1.29 is 9.53 Å². The van der Waals surface area contributed by atoms with Crippen LogP contribution in [0.2, 0.25) is 5.02 Å². The molecule has 0 saturated heterocycles. The van der Waals surface area contributed by atoms with Gasteiger partial charge in [0.15, 0.2) is 17.1 Å². The van der Waals surface area contributed by atoms with Gasteiger partial charge < -0.3 is 14.6 Å². The number of halogens is 2. The summed E-state index contributed by atoms with van der Waals surface area (Å²) >= 11 is 10.8. The Balaban J connectivity index is 1.59. The van der Waals surface area contributed by atoms with Crippen LogP contribution >= 0.6 is 39.3 Å². The number of hydrogen-bond donors (Lipinski definition) is 1. The standard InChI is InChI=1S/C20H20BrClN4O2S/c1-12-5-4-6-15(9-12)28-13(2)19-24-25-20(26(19)3)29-11-18(27)23-17-8-7-14(21)10-16(17)22/h4-10,13H,11H2,1-3H3,(H,23,27). The van der Waals surface area contributed by atoms with Crippen LogP contribution in [0, 0.1) is 6.92 Å². The van der Waals surface area contributed by atoms with Crippen LogP contribution in [0.1, 0.15) is 24.4 Å². The third kappa shape index (κ3) is 5.74. The predicted molar refractivity (Wildman–Crippen MR) is 120 cm³/mol. The second-order valence-electron chi connectivity index (χ2n) is 6.44. The van der Waals surface area contributed by atoms with E-state index >= 15 is 0 Å². The molecule has 3 rings (SSSR count). The number of amides is 1. The second kappa shape index (κ2) is 9.65. The Morgan fingerprint density at radius 1 is 1.31 bits per heavy atom. The molecule has 2 aromatic carbocycles. The summed E-state index contributed by atoms with van der Waals surface area (Å²) < 4.78 is 8.66. The Bertz CT molecular complexity index is 1030. The first-order chi connectivity index (χ1) is 13.8.